The number of hydrogen-bond donors (Lipinski definition) is 0. The minimum atomic E-state index is 0.815. The molecule has 0 radical (unpaired) electrons. The Balaban J connectivity index is 2.67. The second-order valence-electron chi connectivity index (χ2n) is 5.06. The lowest BCUT2D eigenvalue weighted by Crippen LogP contribution is -2.38. The highest BCUT2D eigenvalue weighted by molar-refractivity contribution is 4.89. The molecule has 1 fully saturated rings. The van der Waals surface area contributed by atoms with Crippen LogP contribution < -0.4 is 0 Å². The molecule has 0 aromatic carbocycles. The van der Waals surface area contributed by atoms with Crippen molar-refractivity contribution in [3.63, 3.8) is 0 Å². The second-order valence-corrected chi connectivity index (χ2v) is 5.06. The lowest BCUT2D eigenvalue weighted by molar-refractivity contribution is 0.161. The number of likely N-dealkylation sites (tertiary alicyclic amines) is 1. The normalized spacial score (nSPS) is 30.7. The molecule has 0 bridgehead atoms. The van der Waals surface area contributed by atoms with Gasteiger partial charge in [-0.15, -0.1) is 0 Å². The Morgan fingerprint density at radius 3 is 2.15 bits per heavy atom. The van der Waals surface area contributed by atoms with Crippen LogP contribution in [-0.2, 0) is 0 Å². The van der Waals surface area contributed by atoms with Crippen molar-refractivity contribution in [2.24, 2.45) is 17.8 Å². The molecular formula is C12H25N. The lowest BCUT2D eigenvalue weighted by Gasteiger charge is -2.32. The Morgan fingerprint density at radius 2 is 1.77 bits per heavy atom. The van der Waals surface area contributed by atoms with Crippen LogP contribution in [0.2, 0.25) is 0 Å². The van der Waals surface area contributed by atoms with Gasteiger partial charge in [0.05, 0.1) is 0 Å². The van der Waals surface area contributed by atoms with Crippen molar-refractivity contribution < 1.29 is 0 Å². The number of nitrogens with zero attached hydrogens (tertiary/aromatic N) is 1. The van der Waals surface area contributed by atoms with Gasteiger partial charge < -0.3 is 4.90 Å². The number of hydrogen-bond acceptors (Lipinski definition) is 1. The Hall–Kier alpha value is -0.0400. The fourth-order valence-electron chi connectivity index (χ4n) is 2.92. The fourth-order valence-corrected chi connectivity index (χ4v) is 2.92. The van der Waals surface area contributed by atoms with E-state index in [4.69, 9.17) is 0 Å². The Kier molecular flexibility index (Phi) is 3.78. The molecule has 1 rings (SSSR count). The molecule has 1 aliphatic heterocycles. The van der Waals surface area contributed by atoms with E-state index < -0.39 is 0 Å². The fraction of sp³-hybridized carbons (Fsp3) is 1.00. The maximum absolute atomic E-state index is 2.66. The topological polar surface area (TPSA) is 3.24 Å². The van der Waals surface area contributed by atoms with Gasteiger partial charge in [-0.2, -0.15) is 0 Å². The third-order valence-electron chi connectivity index (χ3n) is 3.56. The van der Waals surface area contributed by atoms with Crippen molar-refractivity contribution in [2.45, 2.75) is 47.1 Å². The van der Waals surface area contributed by atoms with E-state index >= 15 is 0 Å². The van der Waals surface area contributed by atoms with Gasteiger partial charge in [0.1, 0.15) is 0 Å². The first-order valence-corrected chi connectivity index (χ1v) is 5.82. The van der Waals surface area contributed by atoms with E-state index in [1.54, 1.807) is 0 Å². The van der Waals surface area contributed by atoms with Crippen LogP contribution >= 0.6 is 0 Å². The van der Waals surface area contributed by atoms with Crippen molar-refractivity contribution >= 4 is 0 Å². The molecule has 13 heavy (non-hydrogen) atoms. The summed E-state index contributed by atoms with van der Waals surface area (Å²) in [4.78, 5) is 2.66. The summed E-state index contributed by atoms with van der Waals surface area (Å²) in [5.74, 6) is 2.60. The van der Waals surface area contributed by atoms with Crippen molar-refractivity contribution in [1.82, 2.24) is 4.90 Å². The first kappa shape index (κ1) is 11.0. The van der Waals surface area contributed by atoms with E-state index in [9.17, 15) is 0 Å². The molecule has 0 aliphatic carbocycles. The monoisotopic (exact) mass is 183 g/mol. The molecular weight excluding hydrogens is 158 g/mol. The second kappa shape index (κ2) is 4.45. The molecule has 0 aromatic rings. The van der Waals surface area contributed by atoms with Gasteiger partial charge >= 0.3 is 0 Å². The molecule has 0 aromatic heterocycles. The van der Waals surface area contributed by atoms with Gasteiger partial charge in [0.25, 0.3) is 0 Å². The van der Waals surface area contributed by atoms with Crippen LogP contribution in [0.4, 0.5) is 0 Å². The highest BCUT2D eigenvalue weighted by atomic mass is 15.2. The molecule has 0 N–H and O–H groups in total. The largest absolute Gasteiger partial charge is 0.300 e. The molecule has 1 saturated heterocycles. The summed E-state index contributed by atoms with van der Waals surface area (Å²) in [5.41, 5.74) is 0. The number of rotatable bonds is 3. The molecule has 1 aliphatic rings. The van der Waals surface area contributed by atoms with Crippen LogP contribution in [0.5, 0.6) is 0 Å². The summed E-state index contributed by atoms with van der Waals surface area (Å²) >= 11 is 0. The van der Waals surface area contributed by atoms with Crippen molar-refractivity contribution in [3.05, 3.63) is 0 Å². The Morgan fingerprint density at radius 1 is 1.15 bits per heavy atom. The highest BCUT2D eigenvalue weighted by Crippen LogP contribution is 2.34. The third-order valence-corrected chi connectivity index (χ3v) is 3.56. The van der Waals surface area contributed by atoms with E-state index in [1.165, 1.54) is 19.5 Å². The lowest BCUT2D eigenvalue weighted by atomic mass is 9.83. The van der Waals surface area contributed by atoms with Crippen LogP contribution in [0.15, 0.2) is 0 Å². The highest BCUT2D eigenvalue weighted by Gasteiger charge is 2.36. The molecule has 78 valence electrons. The summed E-state index contributed by atoms with van der Waals surface area (Å²) in [5, 5.41) is 0. The van der Waals surface area contributed by atoms with Gasteiger partial charge in [-0.25, -0.2) is 0 Å². The minimum absolute atomic E-state index is 0.815. The zero-order chi connectivity index (χ0) is 10.0. The maximum atomic E-state index is 2.66. The third kappa shape index (κ3) is 2.25. The van der Waals surface area contributed by atoms with Gasteiger partial charge in [-0.3, -0.25) is 0 Å². The van der Waals surface area contributed by atoms with Gasteiger partial charge in [-0.1, -0.05) is 34.6 Å². The predicted octanol–water partition coefficient (Wildman–Crippen LogP) is 3.01. The summed E-state index contributed by atoms with van der Waals surface area (Å²) in [6.07, 6.45) is 1.41. The van der Waals surface area contributed by atoms with Gasteiger partial charge in [0.2, 0.25) is 0 Å². The van der Waals surface area contributed by atoms with E-state index in [0.717, 1.165) is 23.8 Å². The minimum Gasteiger partial charge on any atom is -0.300 e. The first-order valence-electron chi connectivity index (χ1n) is 5.82. The maximum Gasteiger partial charge on any atom is 0.0149 e. The molecule has 0 amide bonds. The van der Waals surface area contributed by atoms with Gasteiger partial charge in [0.15, 0.2) is 0 Å². The molecule has 2 atom stereocenters. The summed E-state index contributed by atoms with van der Waals surface area (Å²) in [6.45, 7) is 14.3. The molecule has 1 heteroatoms. The zero-order valence-corrected chi connectivity index (χ0v) is 9.88. The van der Waals surface area contributed by atoms with Crippen LogP contribution in [0.3, 0.4) is 0 Å². The predicted molar refractivity (Wildman–Crippen MR) is 58.8 cm³/mol. The van der Waals surface area contributed by atoms with Crippen molar-refractivity contribution in [2.75, 3.05) is 13.1 Å². The SMILES string of the molecule is CCN1CC[C@@H](C(C)C)C1C(C)C. The zero-order valence-electron chi connectivity index (χ0n) is 9.88. The van der Waals surface area contributed by atoms with Crippen LogP contribution in [-0.4, -0.2) is 24.0 Å². The van der Waals surface area contributed by atoms with Crippen molar-refractivity contribution in [3.8, 4) is 0 Å². The average Bonchev–Trinajstić information content (AvgIpc) is 2.46. The Bertz CT molecular complexity index is 151. The van der Waals surface area contributed by atoms with Crippen LogP contribution in [0.1, 0.15) is 41.0 Å². The van der Waals surface area contributed by atoms with E-state index in [0.29, 0.717) is 0 Å². The standard InChI is InChI=1S/C12H25N/c1-6-13-8-7-11(9(2)3)12(13)10(4)5/h9-12H,6-8H2,1-5H3/t11-,12?/m0/s1. The molecule has 0 saturated carbocycles. The summed E-state index contributed by atoms with van der Waals surface area (Å²) < 4.78 is 0. The summed E-state index contributed by atoms with van der Waals surface area (Å²) in [7, 11) is 0. The van der Waals surface area contributed by atoms with Crippen LogP contribution in [0.25, 0.3) is 0 Å². The smallest absolute Gasteiger partial charge is 0.0149 e. The van der Waals surface area contributed by atoms with E-state index in [-0.39, 0.29) is 0 Å². The molecule has 0 spiro atoms. The molecule has 1 unspecified atom stereocenters. The Labute approximate surface area is 83.5 Å². The van der Waals surface area contributed by atoms with Gasteiger partial charge in [-0.05, 0) is 37.3 Å². The summed E-state index contributed by atoms with van der Waals surface area (Å²) in [6, 6.07) is 0.838. The van der Waals surface area contributed by atoms with E-state index in [2.05, 4.69) is 39.5 Å². The van der Waals surface area contributed by atoms with Gasteiger partial charge in [0, 0.05) is 6.04 Å². The first-order chi connectivity index (χ1) is 6.07. The van der Waals surface area contributed by atoms with E-state index in [1.807, 2.05) is 0 Å². The quantitative estimate of drug-likeness (QED) is 0.650. The van der Waals surface area contributed by atoms with Crippen molar-refractivity contribution in [1.29, 1.82) is 0 Å². The van der Waals surface area contributed by atoms with Crippen LogP contribution in [0, 0.1) is 17.8 Å². The molecule has 1 nitrogen and oxygen atoms in total. The molecule has 1 heterocycles. The average molecular weight is 183 g/mol.